The number of aryl methyl sites for hydroxylation is 3. The fourth-order valence-electron chi connectivity index (χ4n) is 1.51. The Hall–Kier alpha value is -1.23. The molecule has 16 heavy (non-hydrogen) atoms. The van der Waals surface area contributed by atoms with E-state index in [1.165, 1.54) is 6.07 Å². The second-order valence-corrected chi connectivity index (χ2v) is 4.53. The minimum atomic E-state index is -0.174. The fraction of sp³-hybridized carbons (Fsp3) is 0.273. The Labute approximate surface area is 101 Å². The van der Waals surface area contributed by atoms with E-state index in [1.807, 2.05) is 13.2 Å². The molecule has 3 nitrogen and oxygen atoms in total. The molecule has 0 saturated carbocycles. The molecule has 1 aromatic heterocycles. The largest absolute Gasteiger partial charge is 0.255 e. The van der Waals surface area contributed by atoms with Gasteiger partial charge in [0.1, 0.15) is 5.82 Å². The van der Waals surface area contributed by atoms with Crippen LogP contribution in [0.25, 0.3) is 0 Å². The van der Waals surface area contributed by atoms with Gasteiger partial charge >= 0.3 is 0 Å². The van der Waals surface area contributed by atoms with Crippen molar-refractivity contribution in [1.82, 2.24) is 15.0 Å². The van der Waals surface area contributed by atoms with Crippen molar-refractivity contribution in [3.8, 4) is 0 Å². The molecule has 0 aliphatic heterocycles. The number of benzene rings is 1. The van der Waals surface area contributed by atoms with E-state index in [0.29, 0.717) is 18.4 Å². The van der Waals surface area contributed by atoms with Crippen molar-refractivity contribution >= 4 is 15.9 Å². The standard InChI is InChI=1S/C11H11BrFN3/c1-16-7-10(14-15-16)4-2-8-6-9(12)3-5-11(8)13/h3,5-7H,2,4H2,1H3. The lowest BCUT2D eigenvalue weighted by Crippen LogP contribution is -1.95. The summed E-state index contributed by atoms with van der Waals surface area (Å²) in [6.07, 6.45) is 3.17. The van der Waals surface area contributed by atoms with Gasteiger partial charge in [0.2, 0.25) is 0 Å². The van der Waals surface area contributed by atoms with Gasteiger partial charge in [-0.2, -0.15) is 0 Å². The SMILES string of the molecule is Cn1cc(CCc2cc(Br)ccc2F)nn1. The van der Waals surface area contributed by atoms with E-state index in [-0.39, 0.29) is 5.82 Å². The van der Waals surface area contributed by atoms with Crippen LogP contribution >= 0.6 is 15.9 Å². The lowest BCUT2D eigenvalue weighted by molar-refractivity contribution is 0.607. The van der Waals surface area contributed by atoms with Crippen LogP contribution in [0, 0.1) is 5.82 Å². The first-order valence-electron chi connectivity index (χ1n) is 4.94. The van der Waals surface area contributed by atoms with Gasteiger partial charge in [0.05, 0.1) is 5.69 Å². The van der Waals surface area contributed by atoms with Crippen LogP contribution < -0.4 is 0 Å². The maximum absolute atomic E-state index is 13.4. The first-order chi connectivity index (χ1) is 7.65. The minimum absolute atomic E-state index is 0.174. The van der Waals surface area contributed by atoms with Crippen molar-refractivity contribution < 1.29 is 4.39 Å². The molecular formula is C11H11BrFN3. The molecule has 0 amide bonds. The van der Waals surface area contributed by atoms with Crippen LogP contribution in [-0.2, 0) is 19.9 Å². The maximum Gasteiger partial charge on any atom is 0.126 e. The summed E-state index contributed by atoms with van der Waals surface area (Å²) in [5.74, 6) is -0.174. The van der Waals surface area contributed by atoms with Gasteiger partial charge in [-0.1, -0.05) is 21.1 Å². The van der Waals surface area contributed by atoms with Crippen LogP contribution in [0.4, 0.5) is 4.39 Å². The van der Waals surface area contributed by atoms with Crippen molar-refractivity contribution in [3.05, 3.63) is 45.9 Å². The van der Waals surface area contributed by atoms with Crippen LogP contribution in [0.15, 0.2) is 28.9 Å². The van der Waals surface area contributed by atoms with E-state index in [0.717, 1.165) is 10.2 Å². The van der Waals surface area contributed by atoms with E-state index in [9.17, 15) is 4.39 Å². The zero-order chi connectivity index (χ0) is 11.5. The summed E-state index contributed by atoms with van der Waals surface area (Å²) in [5.41, 5.74) is 1.57. The van der Waals surface area contributed by atoms with Gasteiger partial charge in [0, 0.05) is 17.7 Å². The van der Waals surface area contributed by atoms with Crippen molar-refractivity contribution in [1.29, 1.82) is 0 Å². The Bertz CT molecular complexity index is 496. The third kappa shape index (κ3) is 2.66. The van der Waals surface area contributed by atoms with Crippen LogP contribution in [-0.4, -0.2) is 15.0 Å². The molecule has 0 atom stereocenters. The average Bonchev–Trinajstić information content (AvgIpc) is 2.66. The zero-order valence-electron chi connectivity index (χ0n) is 8.82. The van der Waals surface area contributed by atoms with Crippen LogP contribution in [0.5, 0.6) is 0 Å². The average molecular weight is 284 g/mol. The molecule has 0 radical (unpaired) electrons. The number of rotatable bonds is 3. The van der Waals surface area contributed by atoms with E-state index >= 15 is 0 Å². The van der Waals surface area contributed by atoms with Crippen LogP contribution in [0.2, 0.25) is 0 Å². The number of nitrogens with zero attached hydrogens (tertiary/aromatic N) is 3. The van der Waals surface area contributed by atoms with Gasteiger partial charge in [0.25, 0.3) is 0 Å². The summed E-state index contributed by atoms with van der Waals surface area (Å²) in [4.78, 5) is 0. The van der Waals surface area contributed by atoms with Crippen LogP contribution in [0.3, 0.4) is 0 Å². The van der Waals surface area contributed by atoms with Gasteiger partial charge in [-0.15, -0.1) is 5.10 Å². The van der Waals surface area contributed by atoms with E-state index in [2.05, 4.69) is 26.2 Å². The first-order valence-corrected chi connectivity index (χ1v) is 5.73. The minimum Gasteiger partial charge on any atom is -0.255 e. The Balaban J connectivity index is 2.07. The number of hydrogen-bond donors (Lipinski definition) is 0. The zero-order valence-corrected chi connectivity index (χ0v) is 10.4. The highest BCUT2D eigenvalue weighted by molar-refractivity contribution is 9.10. The molecule has 84 valence electrons. The topological polar surface area (TPSA) is 30.7 Å². The molecule has 1 heterocycles. The first kappa shape index (κ1) is 11.3. The molecule has 0 fully saturated rings. The highest BCUT2D eigenvalue weighted by Gasteiger charge is 2.05. The van der Waals surface area contributed by atoms with Gasteiger partial charge in [-0.05, 0) is 36.6 Å². The second-order valence-electron chi connectivity index (χ2n) is 3.62. The summed E-state index contributed by atoms with van der Waals surface area (Å²) in [6, 6.07) is 4.96. The molecule has 2 aromatic rings. The summed E-state index contributed by atoms with van der Waals surface area (Å²) in [7, 11) is 1.82. The quantitative estimate of drug-likeness (QED) is 0.867. The molecule has 2 rings (SSSR count). The molecule has 0 spiro atoms. The van der Waals surface area contributed by atoms with Crippen molar-refractivity contribution in [3.63, 3.8) is 0 Å². The fourth-order valence-corrected chi connectivity index (χ4v) is 1.92. The van der Waals surface area contributed by atoms with Crippen molar-refractivity contribution in [2.45, 2.75) is 12.8 Å². The third-order valence-corrected chi connectivity index (χ3v) is 2.80. The van der Waals surface area contributed by atoms with Crippen molar-refractivity contribution in [2.24, 2.45) is 7.05 Å². The molecule has 0 aliphatic carbocycles. The van der Waals surface area contributed by atoms with Gasteiger partial charge < -0.3 is 0 Å². The molecule has 0 saturated heterocycles. The normalized spacial score (nSPS) is 10.7. The van der Waals surface area contributed by atoms with E-state index in [4.69, 9.17) is 0 Å². The molecule has 0 aliphatic rings. The van der Waals surface area contributed by atoms with E-state index in [1.54, 1.807) is 16.8 Å². The molecule has 5 heteroatoms. The number of hydrogen-bond acceptors (Lipinski definition) is 2. The highest BCUT2D eigenvalue weighted by Crippen LogP contribution is 2.17. The van der Waals surface area contributed by atoms with Gasteiger partial charge in [0.15, 0.2) is 0 Å². The Morgan fingerprint density at radius 1 is 1.38 bits per heavy atom. The molecule has 0 unspecified atom stereocenters. The monoisotopic (exact) mass is 283 g/mol. The van der Waals surface area contributed by atoms with Crippen LogP contribution in [0.1, 0.15) is 11.3 Å². The lowest BCUT2D eigenvalue weighted by Gasteiger charge is -2.02. The predicted molar refractivity (Wildman–Crippen MR) is 62.5 cm³/mol. The van der Waals surface area contributed by atoms with Gasteiger partial charge in [-0.3, -0.25) is 4.68 Å². The van der Waals surface area contributed by atoms with E-state index < -0.39 is 0 Å². The smallest absolute Gasteiger partial charge is 0.126 e. The Kier molecular flexibility index (Phi) is 3.33. The molecular weight excluding hydrogens is 273 g/mol. The summed E-state index contributed by atoms with van der Waals surface area (Å²) in [5, 5.41) is 7.79. The Morgan fingerprint density at radius 2 is 2.19 bits per heavy atom. The lowest BCUT2D eigenvalue weighted by atomic mass is 10.1. The molecule has 1 aromatic carbocycles. The molecule has 0 bridgehead atoms. The number of aromatic nitrogens is 3. The third-order valence-electron chi connectivity index (χ3n) is 2.31. The predicted octanol–water partition coefficient (Wildman–Crippen LogP) is 2.50. The van der Waals surface area contributed by atoms with Crippen molar-refractivity contribution in [2.75, 3.05) is 0 Å². The summed E-state index contributed by atoms with van der Waals surface area (Å²) < 4.78 is 16.0. The summed E-state index contributed by atoms with van der Waals surface area (Å²) in [6.45, 7) is 0. The molecule has 0 N–H and O–H groups in total. The summed E-state index contributed by atoms with van der Waals surface area (Å²) >= 11 is 3.33. The van der Waals surface area contributed by atoms with Gasteiger partial charge in [-0.25, -0.2) is 4.39 Å². The Morgan fingerprint density at radius 3 is 2.88 bits per heavy atom. The second kappa shape index (κ2) is 4.74. The number of halogens is 2. The highest BCUT2D eigenvalue weighted by atomic mass is 79.9. The maximum atomic E-state index is 13.4.